The Morgan fingerprint density at radius 3 is 2.41 bits per heavy atom. The first kappa shape index (κ1) is 28.1. The zero-order valence-electron chi connectivity index (χ0n) is 21.3. The van der Waals surface area contributed by atoms with Crippen LogP contribution in [-0.4, -0.2) is 69.5 Å². The summed E-state index contributed by atoms with van der Waals surface area (Å²) in [7, 11) is 0.123. The third kappa shape index (κ3) is 5.92. The molecule has 15 heteroatoms. The maximum atomic E-state index is 13.5. The minimum atomic E-state index is -4.14. The van der Waals surface area contributed by atoms with Gasteiger partial charge in [-0.2, -0.15) is 5.10 Å². The summed E-state index contributed by atoms with van der Waals surface area (Å²) in [6.07, 6.45) is 3.49. The van der Waals surface area contributed by atoms with Crippen molar-refractivity contribution < 1.29 is 22.6 Å². The Balaban J connectivity index is 2.12. The second-order valence-corrected chi connectivity index (χ2v) is 10.2. The van der Waals surface area contributed by atoms with Crippen molar-refractivity contribution in [1.29, 1.82) is 0 Å². The predicted octanol–water partition coefficient (Wildman–Crippen LogP) is 3.12. The number of methoxy groups -OCH3 is 3. The predicted molar refractivity (Wildman–Crippen MR) is 138 cm³/mol. The molecule has 0 aromatic carbocycles. The van der Waals surface area contributed by atoms with Crippen molar-refractivity contribution in [1.82, 2.24) is 34.5 Å². The second-order valence-electron chi connectivity index (χ2n) is 7.74. The van der Waals surface area contributed by atoms with E-state index in [9.17, 15) is 8.42 Å². The molecule has 0 aliphatic heterocycles. The van der Waals surface area contributed by atoms with E-state index in [-0.39, 0.29) is 23.4 Å². The van der Waals surface area contributed by atoms with Crippen LogP contribution in [-0.2, 0) is 30.8 Å². The number of halogens is 1. The minimum Gasteiger partial charge on any atom is -0.499 e. The minimum absolute atomic E-state index is 0.135. The molecule has 13 nitrogen and oxygen atoms in total. The molecule has 37 heavy (non-hydrogen) atoms. The van der Waals surface area contributed by atoms with Gasteiger partial charge in [0.2, 0.25) is 16.0 Å². The van der Waals surface area contributed by atoms with Crippen LogP contribution in [0.2, 0.25) is 5.02 Å². The van der Waals surface area contributed by atoms with Crippen LogP contribution in [0.4, 0.5) is 5.95 Å². The van der Waals surface area contributed by atoms with Gasteiger partial charge in [-0.05, 0) is 26.8 Å². The number of aromatic nitrogens is 7. The number of rotatable bonds is 12. The molecule has 3 heterocycles. The SMILES string of the molecule is C=C(OC)/C(=C(\C)OC)n1c(NS(=O)(=O)[C@@H](C)[C@H](OC)c2ncc(Cl)cn2)nnc1-c1ccn(CC)n1. The fourth-order valence-electron chi connectivity index (χ4n) is 3.42. The van der Waals surface area contributed by atoms with Crippen LogP contribution in [0.5, 0.6) is 0 Å². The van der Waals surface area contributed by atoms with Crippen LogP contribution in [0.15, 0.2) is 42.8 Å². The highest BCUT2D eigenvalue weighted by molar-refractivity contribution is 7.93. The van der Waals surface area contributed by atoms with Crippen molar-refractivity contribution in [3.63, 3.8) is 0 Å². The van der Waals surface area contributed by atoms with E-state index < -0.39 is 21.4 Å². The maximum Gasteiger partial charge on any atom is 0.243 e. The van der Waals surface area contributed by atoms with Crippen LogP contribution in [0.3, 0.4) is 0 Å². The second kappa shape index (κ2) is 11.7. The maximum absolute atomic E-state index is 13.5. The summed E-state index contributed by atoms with van der Waals surface area (Å²) >= 11 is 5.87. The topological polar surface area (TPSA) is 148 Å². The Labute approximate surface area is 220 Å². The highest BCUT2D eigenvalue weighted by Gasteiger charge is 2.35. The molecule has 0 spiro atoms. The fourth-order valence-corrected chi connectivity index (χ4v) is 4.64. The standard InChI is InChI=1S/C22H29ClN8O5S/c1-8-30-10-9-17(28-30)21-26-27-22(31(21)18(13(2)34-5)14(3)35-6)29-37(32,33)15(4)19(36-7)20-24-11-16(23)12-25-20/h9-12,15,19H,2,8H2,1,3-7H3,(H,27,29)/b18-14-/t15-,19-/m0/s1. The third-order valence-corrected chi connectivity index (χ3v) is 7.42. The molecule has 0 aliphatic carbocycles. The number of hydrogen-bond acceptors (Lipinski definition) is 10. The van der Waals surface area contributed by atoms with Gasteiger partial charge >= 0.3 is 0 Å². The molecule has 3 rings (SSSR count). The summed E-state index contributed by atoms with van der Waals surface area (Å²) in [5.74, 6) is 0.824. The van der Waals surface area contributed by atoms with Crippen LogP contribution in [0.25, 0.3) is 17.2 Å². The van der Waals surface area contributed by atoms with Gasteiger partial charge in [0.1, 0.15) is 34.3 Å². The van der Waals surface area contributed by atoms with E-state index in [1.165, 1.54) is 45.2 Å². The lowest BCUT2D eigenvalue weighted by Crippen LogP contribution is -2.33. The summed E-state index contributed by atoms with van der Waals surface area (Å²) in [6, 6.07) is 1.74. The normalized spacial score (nSPS) is 14.0. The molecule has 0 unspecified atom stereocenters. The van der Waals surface area contributed by atoms with E-state index in [1.807, 2.05) is 6.92 Å². The number of anilines is 1. The number of sulfonamides is 1. The highest BCUT2D eigenvalue weighted by Crippen LogP contribution is 2.32. The van der Waals surface area contributed by atoms with Gasteiger partial charge in [-0.3, -0.25) is 14.0 Å². The lowest BCUT2D eigenvalue weighted by molar-refractivity contribution is 0.0950. The highest BCUT2D eigenvalue weighted by atomic mass is 35.5. The molecule has 0 saturated heterocycles. The molecule has 0 bridgehead atoms. The molecule has 0 fully saturated rings. The van der Waals surface area contributed by atoms with Crippen LogP contribution in [0.1, 0.15) is 32.7 Å². The van der Waals surface area contributed by atoms with Gasteiger partial charge in [0.05, 0.1) is 19.2 Å². The van der Waals surface area contributed by atoms with Crippen molar-refractivity contribution in [2.45, 2.75) is 38.7 Å². The summed E-state index contributed by atoms with van der Waals surface area (Å²) < 4.78 is 48.9. The zero-order chi connectivity index (χ0) is 27.3. The molecule has 3 aromatic rings. The number of allylic oxidation sites excluding steroid dienone is 2. The van der Waals surface area contributed by atoms with Crippen LogP contribution < -0.4 is 4.72 Å². The van der Waals surface area contributed by atoms with Gasteiger partial charge in [-0.25, -0.2) is 18.4 Å². The Kier molecular flexibility index (Phi) is 8.89. The van der Waals surface area contributed by atoms with E-state index in [0.717, 1.165) is 0 Å². The molecular weight excluding hydrogens is 524 g/mol. The Hall–Kier alpha value is -3.49. The molecule has 3 aromatic heterocycles. The van der Waals surface area contributed by atoms with Gasteiger partial charge in [0.15, 0.2) is 11.6 Å². The summed E-state index contributed by atoms with van der Waals surface area (Å²) in [5, 5.41) is 12.0. The first-order chi connectivity index (χ1) is 17.6. The number of aryl methyl sites for hydroxylation is 1. The summed E-state index contributed by atoms with van der Waals surface area (Å²) in [6.45, 7) is 9.63. The quantitative estimate of drug-likeness (QED) is 0.262. The summed E-state index contributed by atoms with van der Waals surface area (Å²) in [5.41, 5.74) is 0.744. The molecular formula is C22H29ClN8O5S. The largest absolute Gasteiger partial charge is 0.499 e. The first-order valence-corrected chi connectivity index (χ1v) is 13.0. The smallest absolute Gasteiger partial charge is 0.243 e. The van der Waals surface area contributed by atoms with Crippen molar-refractivity contribution >= 4 is 33.3 Å². The molecule has 200 valence electrons. The fraction of sp³-hybridized carbons (Fsp3) is 0.409. The number of nitrogens with one attached hydrogen (secondary N) is 1. The van der Waals surface area contributed by atoms with Gasteiger partial charge in [0, 0.05) is 32.2 Å². The molecule has 0 radical (unpaired) electrons. The summed E-state index contributed by atoms with van der Waals surface area (Å²) in [4.78, 5) is 8.21. The first-order valence-electron chi connectivity index (χ1n) is 11.1. The number of ether oxygens (including phenoxy) is 3. The van der Waals surface area contributed by atoms with Crippen molar-refractivity contribution in [2.75, 3.05) is 26.1 Å². The van der Waals surface area contributed by atoms with Gasteiger partial charge < -0.3 is 14.2 Å². The Morgan fingerprint density at radius 1 is 1.19 bits per heavy atom. The van der Waals surface area contributed by atoms with Crippen LogP contribution >= 0.6 is 11.6 Å². The van der Waals surface area contributed by atoms with E-state index in [4.69, 9.17) is 25.8 Å². The van der Waals surface area contributed by atoms with Gasteiger partial charge in [-0.15, -0.1) is 10.2 Å². The lowest BCUT2D eigenvalue weighted by Gasteiger charge is -2.23. The molecule has 0 saturated carbocycles. The third-order valence-electron chi connectivity index (χ3n) is 5.53. The molecule has 0 amide bonds. The van der Waals surface area contributed by atoms with Crippen molar-refractivity contribution in [3.05, 3.63) is 53.6 Å². The van der Waals surface area contributed by atoms with E-state index in [2.05, 4.69) is 36.6 Å². The molecule has 1 N–H and O–H groups in total. The molecule has 0 aliphatic rings. The average molecular weight is 553 g/mol. The number of nitrogens with zero attached hydrogens (tertiary/aromatic N) is 7. The Bertz CT molecular complexity index is 1380. The van der Waals surface area contributed by atoms with E-state index in [1.54, 1.807) is 23.9 Å². The van der Waals surface area contributed by atoms with E-state index >= 15 is 0 Å². The number of hydrogen-bond donors (Lipinski definition) is 1. The zero-order valence-corrected chi connectivity index (χ0v) is 22.9. The van der Waals surface area contributed by atoms with Gasteiger partial charge in [-0.1, -0.05) is 18.2 Å². The van der Waals surface area contributed by atoms with Crippen molar-refractivity contribution in [3.8, 4) is 11.5 Å². The Morgan fingerprint density at radius 2 is 1.86 bits per heavy atom. The van der Waals surface area contributed by atoms with Gasteiger partial charge in [0.25, 0.3) is 0 Å². The average Bonchev–Trinajstić information content (AvgIpc) is 3.52. The lowest BCUT2D eigenvalue weighted by atomic mass is 10.2. The van der Waals surface area contributed by atoms with Crippen molar-refractivity contribution in [2.24, 2.45) is 0 Å². The molecule has 2 atom stereocenters. The van der Waals surface area contributed by atoms with E-state index in [0.29, 0.717) is 28.7 Å². The van der Waals surface area contributed by atoms with Crippen LogP contribution in [0, 0.1) is 0 Å². The monoisotopic (exact) mass is 552 g/mol.